The fourth-order valence-corrected chi connectivity index (χ4v) is 3.23. The molecule has 120 valence electrons. The molecule has 0 aliphatic rings. The molecule has 0 aliphatic carbocycles. The third-order valence-corrected chi connectivity index (χ3v) is 4.19. The van der Waals surface area contributed by atoms with Crippen LogP contribution in [-0.2, 0) is 0 Å². The molecule has 0 unspecified atom stereocenters. The Kier molecular flexibility index (Phi) is 4.43. The van der Waals surface area contributed by atoms with Gasteiger partial charge in [0.2, 0.25) is 0 Å². The van der Waals surface area contributed by atoms with Gasteiger partial charge < -0.3 is 5.32 Å². The molecule has 0 atom stereocenters. The van der Waals surface area contributed by atoms with Crippen LogP contribution in [0.15, 0.2) is 48.2 Å². The van der Waals surface area contributed by atoms with Crippen LogP contribution in [0.3, 0.4) is 0 Å². The van der Waals surface area contributed by atoms with Crippen molar-refractivity contribution < 1.29 is 14.0 Å². The number of ketones is 1. The number of hydrogen-bond donors (Lipinski definition) is 1. The zero-order chi connectivity index (χ0) is 17.1. The molecule has 0 saturated heterocycles. The van der Waals surface area contributed by atoms with E-state index in [1.54, 1.807) is 11.6 Å². The number of anilines is 1. The summed E-state index contributed by atoms with van der Waals surface area (Å²) in [5.41, 5.74) is 1.70. The second-order valence-electron chi connectivity index (χ2n) is 4.96. The number of benzene rings is 1. The van der Waals surface area contributed by atoms with Crippen LogP contribution in [0.25, 0.3) is 11.3 Å². The summed E-state index contributed by atoms with van der Waals surface area (Å²) in [5.74, 6) is -1.18. The third kappa shape index (κ3) is 3.21. The summed E-state index contributed by atoms with van der Waals surface area (Å²) >= 11 is 1.21. The minimum absolute atomic E-state index is 0.180. The quantitative estimate of drug-likeness (QED) is 0.733. The Hall–Kier alpha value is -2.93. The van der Waals surface area contributed by atoms with E-state index in [9.17, 15) is 14.0 Å². The maximum absolute atomic E-state index is 13.3. The molecule has 0 aliphatic heterocycles. The third-order valence-electron chi connectivity index (χ3n) is 3.30. The van der Waals surface area contributed by atoms with Crippen molar-refractivity contribution in [2.75, 3.05) is 5.32 Å². The Morgan fingerprint density at radius 2 is 2.08 bits per heavy atom. The lowest BCUT2D eigenvalue weighted by Crippen LogP contribution is -2.13. The van der Waals surface area contributed by atoms with E-state index < -0.39 is 11.7 Å². The molecule has 3 rings (SSSR count). The average Bonchev–Trinajstić information content (AvgIpc) is 2.99. The van der Waals surface area contributed by atoms with Gasteiger partial charge in [0.1, 0.15) is 10.8 Å². The second kappa shape index (κ2) is 6.67. The van der Waals surface area contributed by atoms with Gasteiger partial charge in [0.05, 0.1) is 17.5 Å². The molecule has 0 radical (unpaired) electrons. The normalized spacial score (nSPS) is 10.4. The Morgan fingerprint density at radius 1 is 1.25 bits per heavy atom. The lowest BCUT2D eigenvalue weighted by atomic mass is 10.1. The highest BCUT2D eigenvalue weighted by atomic mass is 32.1. The van der Waals surface area contributed by atoms with Gasteiger partial charge in [-0.15, -0.1) is 11.3 Å². The van der Waals surface area contributed by atoms with Gasteiger partial charge in [-0.2, -0.15) is 0 Å². The fraction of sp³-hybridized carbons (Fsp3) is 0.0588. The van der Waals surface area contributed by atoms with Gasteiger partial charge in [0, 0.05) is 28.9 Å². The summed E-state index contributed by atoms with van der Waals surface area (Å²) in [6.45, 7) is 1.42. The van der Waals surface area contributed by atoms with Gasteiger partial charge in [-0.3, -0.25) is 19.6 Å². The molecule has 5 nitrogen and oxygen atoms in total. The highest BCUT2D eigenvalue weighted by Gasteiger charge is 2.20. The van der Waals surface area contributed by atoms with E-state index in [0.717, 1.165) is 6.07 Å². The van der Waals surface area contributed by atoms with Crippen molar-refractivity contribution in [2.45, 2.75) is 6.92 Å². The zero-order valence-corrected chi connectivity index (χ0v) is 13.4. The Labute approximate surface area is 141 Å². The molecular formula is C17H12FN3O2S. The number of carbonyl (C=O) groups is 2. The second-order valence-corrected chi connectivity index (χ2v) is 5.84. The van der Waals surface area contributed by atoms with E-state index in [1.807, 2.05) is 0 Å². The number of nitrogens with one attached hydrogen (secondary N) is 1. The van der Waals surface area contributed by atoms with Gasteiger partial charge in [-0.25, -0.2) is 4.39 Å². The van der Waals surface area contributed by atoms with E-state index >= 15 is 0 Å². The summed E-state index contributed by atoms with van der Waals surface area (Å²) in [7, 11) is 0. The van der Waals surface area contributed by atoms with Crippen LogP contribution < -0.4 is 5.32 Å². The summed E-state index contributed by atoms with van der Waals surface area (Å²) in [6.07, 6.45) is 4.62. The number of amides is 1. The van der Waals surface area contributed by atoms with Gasteiger partial charge in [-0.1, -0.05) is 6.07 Å². The van der Waals surface area contributed by atoms with E-state index in [0.29, 0.717) is 21.8 Å². The molecule has 3 aromatic rings. The highest BCUT2D eigenvalue weighted by molar-refractivity contribution is 7.15. The molecule has 0 spiro atoms. The number of aromatic nitrogens is 2. The first-order valence-electron chi connectivity index (χ1n) is 7.02. The molecule has 24 heavy (non-hydrogen) atoms. The molecule has 1 N–H and O–H groups in total. The predicted octanol–water partition coefficient (Wildman–Crippen LogP) is 3.80. The van der Waals surface area contributed by atoms with Gasteiger partial charge in [0.15, 0.2) is 5.78 Å². The lowest BCUT2D eigenvalue weighted by Gasteiger charge is -2.06. The van der Waals surface area contributed by atoms with Crippen molar-refractivity contribution in [3.8, 4) is 11.3 Å². The van der Waals surface area contributed by atoms with E-state index in [-0.39, 0.29) is 11.3 Å². The molecule has 7 heteroatoms. The van der Waals surface area contributed by atoms with Crippen LogP contribution in [0.4, 0.5) is 9.39 Å². The monoisotopic (exact) mass is 341 g/mol. The molecule has 0 saturated carbocycles. The molecule has 1 aromatic carbocycles. The Bertz CT molecular complexity index is 909. The summed E-state index contributed by atoms with van der Waals surface area (Å²) in [5, 5.41) is 4.81. The van der Waals surface area contributed by atoms with Crippen molar-refractivity contribution in [1.82, 2.24) is 9.97 Å². The van der Waals surface area contributed by atoms with Gasteiger partial charge in [-0.05, 0) is 25.1 Å². The average molecular weight is 341 g/mol. The minimum atomic E-state index is -0.499. The summed E-state index contributed by atoms with van der Waals surface area (Å²) in [4.78, 5) is 32.5. The van der Waals surface area contributed by atoms with Crippen LogP contribution >= 0.6 is 11.3 Å². The van der Waals surface area contributed by atoms with E-state index in [1.165, 1.54) is 48.9 Å². The predicted molar refractivity (Wildman–Crippen MR) is 89.7 cm³/mol. The molecule has 2 heterocycles. The van der Waals surface area contributed by atoms with Crippen molar-refractivity contribution in [3.63, 3.8) is 0 Å². The number of rotatable bonds is 4. The number of carbonyl (C=O) groups excluding carboxylic acids is 2. The largest absolute Gasteiger partial charge is 0.313 e. The van der Waals surface area contributed by atoms with Crippen molar-refractivity contribution in [1.29, 1.82) is 0 Å². The fourth-order valence-electron chi connectivity index (χ4n) is 2.23. The van der Waals surface area contributed by atoms with Crippen molar-refractivity contribution in [2.24, 2.45) is 0 Å². The van der Waals surface area contributed by atoms with Gasteiger partial charge in [0.25, 0.3) is 5.91 Å². The molecule has 2 aromatic heterocycles. The summed E-state index contributed by atoms with van der Waals surface area (Å²) in [6, 6.07) is 5.35. The molecule has 0 bridgehead atoms. The maximum atomic E-state index is 13.3. The lowest BCUT2D eigenvalue weighted by molar-refractivity contribution is 0.101. The SMILES string of the molecule is CC(=O)c1c(-c2cnccn2)csc1NC(=O)c1cccc(F)c1. The van der Waals surface area contributed by atoms with Crippen LogP contribution in [0.5, 0.6) is 0 Å². The standard InChI is InChI=1S/C17H12FN3O2S/c1-10(22)15-13(14-8-19-5-6-20-14)9-24-17(15)21-16(23)11-3-2-4-12(18)7-11/h2-9H,1H3,(H,21,23). The number of thiophene rings is 1. The first kappa shape index (κ1) is 15.9. The van der Waals surface area contributed by atoms with Crippen molar-refractivity contribution >= 4 is 28.0 Å². The first-order chi connectivity index (χ1) is 11.6. The van der Waals surface area contributed by atoms with Crippen LogP contribution in [-0.4, -0.2) is 21.7 Å². The maximum Gasteiger partial charge on any atom is 0.256 e. The Morgan fingerprint density at radius 3 is 2.75 bits per heavy atom. The Balaban J connectivity index is 1.96. The number of Topliss-reactive ketones (excluding diaryl/α,β-unsaturated/α-hetero) is 1. The van der Waals surface area contributed by atoms with Crippen LogP contribution in [0, 0.1) is 5.82 Å². The molecule has 0 fully saturated rings. The van der Waals surface area contributed by atoms with Crippen LogP contribution in [0.1, 0.15) is 27.6 Å². The van der Waals surface area contributed by atoms with Crippen molar-refractivity contribution in [3.05, 3.63) is 65.2 Å². The topological polar surface area (TPSA) is 72.0 Å². The van der Waals surface area contributed by atoms with E-state index in [2.05, 4.69) is 15.3 Å². The van der Waals surface area contributed by atoms with E-state index in [4.69, 9.17) is 0 Å². The van der Waals surface area contributed by atoms with Gasteiger partial charge >= 0.3 is 0 Å². The highest BCUT2D eigenvalue weighted by Crippen LogP contribution is 2.35. The van der Waals surface area contributed by atoms with Crippen LogP contribution in [0.2, 0.25) is 0 Å². The number of hydrogen-bond acceptors (Lipinski definition) is 5. The smallest absolute Gasteiger partial charge is 0.256 e. The minimum Gasteiger partial charge on any atom is -0.313 e. The zero-order valence-electron chi connectivity index (χ0n) is 12.6. The first-order valence-corrected chi connectivity index (χ1v) is 7.90. The molecular weight excluding hydrogens is 329 g/mol. The number of halogens is 1. The summed E-state index contributed by atoms with van der Waals surface area (Å²) < 4.78 is 13.3. The number of nitrogens with zero attached hydrogens (tertiary/aromatic N) is 2. The molecule has 1 amide bonds.